The van der Waals surface area contributed by atoms with E-state index < -0.39 is 5.82 Å². The SMILES string of the molecule is COc1ccc(C(=O)COc2cc(Cl)ccc2Cl)cc1F. The largest absolute Gasteiger partial charge is 0.494 e. The van der Waals surface area contributed by atoms with Crippen LogP contribution in [0, 0.1) is 5.82 Å². The first-order chi connectivity index (χ1) is 10.0. The lowest BCUT2D eigenvalue weighted by molar-refractivity contribution is 0.0921. The van der Waals surface area contributed by atoms with E-state index >= 15 is 0 Å². The number of hydrogen-bond donors (Lipinski definition) is 0. The summed E-state index contributed by atoms with van der Waals surface area (Å²) in [6, 6.07) is 8.63. The highest BCUT2D eigenvalue weighted by Crippen LogP contribution is 2.28. The van der Waals surface area contributed by atoms with Crippen LogP contribution in [0.25, 0.3) is 0 Å². The number of halogens is 3. The molecule has 0 aromatic heterocycles. The van der Waals surface area contributed by atoms with E-state index in [2.05, 4.69) is 0 Å². The van der Waals surface area contributed by atoms with Crippen LogP contribution < -0.4 is 9.47 Å². The molecule has 0 atom stereocenters. The lowest BCUT2D eigenvalue weighted by atomic mass is 10.1. The summed E-state index contributed by atoms with van der Waals surface area (Å²) in [4.78, 5) is 12.0. The number of ketones is 1. The minimum absolute atomic E-state index is 0.0744. The molecular weight excluding hydrogens is 318 g/mol. The molecule has 2 aromatic carbocycles. The van der Waals surface area contributed by atoms with E-state index in [9.17, 15) is 9.18 Å². The summed E-state index contributed by atoms with van der Waals surface area (Å²) < 4.78 is 23.6. The van der Waals surface area contributed by atoms with Crippen LogP contribution in [0.3, 0.4) is 0 Å². The molecule has 6 heteroatoms. The van der Waals surface area contributed by atoms with Crippen molar-refractivity contribution in [3.05, 3.63) is 57.8 Å². The zero-order chi connectivity index (χ0) is 15.4. The molecule has 0 heterocycles. The Balaban J connectivity index is 2.08. The molecule has 3 nitrogen and oxygen atoms in total. The Morgan fingerprint density at radius 3 is 2.57 bits per heavy atom. The van der Waals surface area contributed by atoms with Crippen molar-refractivity contribution in [2.24, 2.45) is 0 Å². The second-order valence-corrected chi connectivity index (χ2v) is 4.98. The summed E-state index contributed by atoms with van der Waals surface area (Å²) in [5, 5.41) is 0.783. The molecule has 0 N–H and O–H groups in total. The summed E-state index contributed by atoms with van der Waals surface area (Å²) >= 11 is 11.7. The maximum atomic E-state index is 13.5. The van der Waals surface area contributed by atoms with Gasteiger partial charge in [0.2, 0.25) is 0 Å². The van der Waals surface area contributed by atoms with Crippen molar-refractivity contribution in [1.29, 1.82) is 0 Å². The van der Waals surface area contributed by atoms with Crippen LogP contribution in [-0.4, -0.2) is 19.5 Å². The van der Waals surface area contributed by atoms with Gasteiger partial charge in [-0.1, -0.05) is 23.2 Å². The zero-order valence-electron chi connectivity index (χ0n) is 11.0. The highest BCUT2D eigenvalue weighted by atomic mass is 35.5. The quantitative estimate of drug-likeness (QED) is 0.763. The van der Waals surface area contributed by atoms with E-state index in [1.165, 1.54) is 25.3 Å². The highest BCUT2D eigenvalue weighted by Gasteiger charge is 2.12. The molecule has 0 aliphatic rings. The van der Waals surface area contributed by atoms with Crippen LogP contribution in [0.1, 0.15) is 10.4 Å². The van der Waals surface area contributed by atoms with E-state index in [0.29, 0.717) is 15.8 Å². The molecule has 21 heavy (non-hydrogen) atoms. The van der Waals surface area contributed by atoms with E-state index in [1.807, 2.05) is 0 Å². The number of methoxy groups -OCH3 is 1. The fourth-order valence-corrected chi connectivity index (χ4v) is 1.99. The van der Waals surface area contributed by atoms with Crippen molar-refractivity contribution in [2.45, 2.75) is 0 Å². The molecule has 0 unspecified atom stereocenters. The van der Waals surface area contributed by atoms with E-state index in [0.717, 1.165) is 6.07 Å². The van der Waals surface area contributed by atoms with Crippen LogP contribution in [0.15, 0.2) is 36.4 Å². The van der Waals surface area contributed by atoms with Crippen molar-refractivity contribution >= 4 is 29.0 Å². The molecule has 0 amide bonds. The van der Waals surface area contributed by atoms with Crippen LogP contribution in [-0.2, 0) is 0 Å². The number of benzene rings is 2. The predicted molar refractivity (Wildman–Crippen MR) is 79.2 cm³/mol. The second kappa shape index (κ2) is 6.78. The Kier molecular flexibility index (Phi) is 5.04. The molecule has 2 rings (SSSR count). The first-order valence-corrected chi connectivity index (χ1v) is 6.71. The smallest absolute Gasteiger partial charge is 0.200 e. The Morgan fingerprint density at radius 1 is 1.14 bits per heavy atom. The normalized spacial score (nSPS) is 10.3. The zero-order valence-corrected chi connectivity index (χ0v) is 12.5. The third-order valence-corrected chi connectivity index (χ3v) is 3.27. The molecule has 0 radical (unpaired) electrons. The van der Waals surface area contributed by atoms with Gasteiger partial charge in [-0.3, -0.25) is 4.79 Å². The van der Waals surface area contributed by atoms with Crippen LogP contribution in [0.4, 0.5) is 4.39 Å². The van der Waals surface area contributed by atoms with E-state index in [1.54, 1.807) is 12.1 Å². The molecule has 0 bridgehead atoms. The first-order valence-electron chi connectivity index (χ1n) is 5.96. The van der Waals surface area contributed by atoms with Crippen LogP contribution in [0.2, 0.25) is 10.0 Å². The molecule has 110 valence electrons. The molecule has 0 fully saturated rings. The Bertz CT molecular complexity index is 674. The standard InChI is InChI=1S/C15H11Cl2FO3/c1-20-14-5-2-9(6-12(14)18)13(19)8-21-15-7-10(16)3-4-11(15)17/h2-7H,8H2,1H3. The minimum atomic E-state index is -0.607. The van der Waals surface area contributed by atoms with Gasteiger partial charge in [0.05, 0.1) is 12.1 Å². The maximum absolute atomic E-state index is 13.5. The van der Waals surface area contributed by atoms with Gasteiger partial charge in [0, 0.05) is 16.7 Å². The Labute approximate surface area is 131 Å². The van der Waals surface area contributed by atoms with Crippen LogP contribution in [0.5, 0.6) is 11.5 Å². The minimum Gasteiger partial charge on any atom is -0.494 e. The lowest BCUT2D eigenvalue weighted by Gasteiger charge is -2.08. The van der Waals surface area contributed by atoms with Gasteiger partial charge in [0.1, 0.15) is 5.75 Å². The van der Waals surface area contributed by atoms with Gasteiger partial charge in [0.25, 0.3) is 0 Å². The molecule has 2 aromatic rings. The van der Waals surface area contributed by atoms with Gasteiger partial charge in [-0.15, -0.1) is 0 Å². The highest BCUT2D eigenvalue weighted by molar-refractivity contribution is 6.34. The van der Waals surface area contributed by atoms with Crippen molar-refractivity contribution < 1.29 is 18.7 Å². The van der Waals surface area contributed by atoms with Gasteiger partial charge in [-0.25, -0.2) is 4.39 Å². The average molecular weight is 329 g/mol. The van der Waals surface area contributed by atoms with E-state index in [4.69, 9.17) is 32.7 Å². The summed E-state index contributed by atoms with van der Waals surface area (Å²) in [6.07, 6.45) is 0. The maximum Gasteiger partial charge on any atom is 0.200 e. The lowest BCUT2D eigenvalue weighted by Crippen LogP contribution is -2.12. The fraction of sp³-hybridized carbons (Fsp3) is 0.133. The van der Waals surface area contributed by atoms with Gasteiger partial charge in [-0.2, -0.15) is 0 Å². The van der Waals surface area contributed by atoms with E-state index in [-0.39, 0.29) is 23.7 Å². The number of carbonyl (C=O) groups excluding carboxylic acids is 1. The average Bonchev–Trinajstić information content (AvgIpc) is 2.47. The predicted octanol–water partition coefficient (Wildman–Crippen LogP) is 4.40. The molecule has 0 aliphatic heterocycles. The Morgan fingerprint density at radius 2 is 1.90 bits per heavy atom. The second-order valence-electron chi connectivity index (χ2n) is 4.14. The third-order valence-electron chi connectivity index (χ3n) is 2.73. The van der Waals surface area contributed by atoms with Gasteiger partial charge in [0.15, 0.2) is 24.0 Å². The number of ether oxygens (including phenoxy) is 2. The Hall–Kier alpha value is -1.78. The van der Waals surface area contributed by atoms with Crippen molar-refractivity contribution in [3.8, 4) is 11.5 Å². The van der Waals surface area contributed by atoms with Crippen LogP contribution >= 0.6 is 23.2 Å². The molecule has 0 saturated carbocycles. The molecule has 0 aliphatic carbocycles. The summed E-state index contributed by atoms with van der Waals surface area (Å²) in [7, 11) is 1.35. The van der Waals surface area contributed by atoms with Crippen molar-refractivity contribution in [2.75, 3.05) is 13.7 Å². The molecule has 0 spiro atoms. The van der Waals surface area contributed by atoms with Gasteiger partial charge >= 0.3 is 0 Å². The number of Topliss-reactive ketones (excluding diaryl/α,β-unsaturated/α-hetero) is 1. The van der Waals surface area contributed by atoms with Gasteiger partial charge < -0.3 is 9.47 Å². The monoisotopic (exact) mass is 328 g/mol. The third kappa shape index (κ3) is 3.86. The van der Waals surface area contributed by atoms with Crippen molar-refractivity contribution in [3.63, 3.8) is 0 Å². The van der Waals surface area contributed by atoms with Crippen molar-refractivity contribution in [1.82, 2.24) is 0 Å². The van der Waals surface area contributed by atoms with Gasteiger partial charge in [-0.05, 0) is 30.3 Å². The number of carbonyl (C=O) groups is 1. The summed E-state index contributed by atoms with van der Waals surface area (Å²) in [5.74, 6) is -0.617. The first kappa shape index (κ1) is 15.6. The topological polar surface area (TPSA) is 35.5 Å². The fourth-order valence-electron chi connectivity index (χ4n) is 1.65. The number of rotatable bonds is 5. The summed E-state index contributed by atoms with van der Waals surface area (Å²) in [5.41, 5.74) is 0.187. The molecule has 0 saturated heterocycles. The molecular formula is C15H11Cl2FO3. The number of hydrogen-bond acceptors (Lipinski definition) is 3. The summed E-state index contributed by atoms with van der Waals surface area (Å²) in [6.45, 7) is -0.272.